The summed E-state index contributed by atoms with van der Waals surface area (Å²) in [5.41, 5.74) is 0.669. The zero-order chi connectivity index (χ0) is 29.0. The van der Waals surface area contributed by atoms with Crippen molar-refractivity contribution in [2.75, 3.05) is 20.3 Å². The van der Waals surface area contributed by atoms with Crippen LogP contribution in [0.3, 0.4) is 0 Å². The second-order valence-corrected chi connectivity index (χ2v) is 12.6. The lowest BCUT2D eigenvalue weighted by Gasteiger charge is -2.33. The number of hydrogen-bond donors (Lipinski definition) is 2. The summed E-state index contributed by atoms with van der Waals surface area (Å²) in [4.78, 5) is 13.0. The Morgan fingerprint density at radius 2 is 1.85 bits per heavy atom. The molecule has 0 spiro atoms. The quantitative estimate of drug-likeness (QED) is 0.378. The third-order valence-electron chi connectivity index (χ3n) is 7.80. The number of carbonyl (C=O) groups excluding carboxylic acids is 1. The normalized spacial score (nSPS) is 24.1. The molecule has 1 aliphatic carbocycles. The fourth-order valence-electron chi connectivity index (χ4n) is 5.60. The van der Waals surface area contributed by atoms with Gasteiger partial charge in [0.05, 0.1) is 43.3 Å². The standard InChI is InChI=1S/C29H38N2O9S/c1-19(32)27(30-29(33)40-26-18-38-28-23(26)14-15-37-28)31(17-20-8-4-3-5-9-20)41(34,35)22-12-13-24(36-2)25(16-22)39-21-10-6-7-11-21/h3-5,8-9,12-13,16,19,21,23,26-28,32H,6-7,10-11,14-15,17-18H2,1-2H3,(H,30,33)/t19-,23+,26-,27?,28-/m1/s1. The van der Waals surface area contributed by atoms with Crippen molar-refractivity contribution < 1.29 is 42.0 Å². The van der Waals surface area contributed by atoms with E-state index in [4.69, 9.17) is 23.7 Å². The Labute approximate surface area is 240 Å². The molecule has 2 saturated heterocycles. The van der Waals surface area contributed by atoms with Crippen LogP contribution in [0.4, 0.5) is 4.79 Å². The fraction of sp³-hybridized carbons (Fsp3) is 0.552. The van der Waals surface area contributed by atoms with Crippen LogP contribution in [0.15, 0.2) is 53.4 Å². The average Bonchev–Trinajstić information content (AvgIpc) is 3.72. The number of alkyl carbamates (subject to hydrolysis) is 1. The first-order valence-corrected chi connectivity index (χ1v) is 15.5. The Bertz CT molecular complexity index is 1280. The Hall–Kier alpha value is -2.90. The molecular weight excluding hydrogens is 552 g/mol. The lowest BCUT2D eigenvalue weighted by atomic mass is 10.0. The monoisotopic (exact) mass is 590 g/mol. The predicted octanol–water partition coefficient (Wildman–Crippen LogP) is 3.40. The van der Waals surface area contributed by atoms with Crippen LogP contribution in [0, 0.1) is 5.92 Å². The number of benzene rings is 2. The smallest absolute Gasteiger partial charge is 0.408 e. The van der Waals surface area contributed by atoms with E-state index in [9.17, 15) is 18.3 Å². The summed E-state index contributed by atoms with van der Waals surface area (Å²) in [7, 11) is -2.79. The van der Waals surface area contributed by atoms with Gasteiger partial charge in [-0.1, -0.05) is 30.3 Å². The number of amides is 1. The second-order valence-electron chi connectivity index (χ2n) is 10.7. The molecule has 2 aliphatic heterocycles. The largest absolute Gasteiger partial charge is 0.493 e. The van der Waals surface area contributed by atoms with Gasteiger partial charge in [-0.25, -0.2) is 13.2 Å². The van der Waals surface area contributed by atoms with Crippen LogP contribution in [0.25, 0.3) is 0 Å². The molecule has 2 aromatic carbocycles. The molecule has 41 heavy (non-hydrogen) atoms. The van der Waals surface area contributed by atoms with Crippen LogP contribution in [0.2, 0.25) is 0 Å². The Balaban J connectivity index is 1.43. The molecule has 3 fully saturated rings. The van der Waals surface area contributed by atoms with Gasteiger partial charge in [-0.2, -0.15) is 4.31 Å². The number of nitrogens with one attached hydrogen (secondary N) is 1. The highest BCUT2D eigenvalue weighted by Crippen LogP contribution is 2.36. The third kappa shape index (κ3) is 6.78. The number of aliphatic hydroxyl groups excluding tert-OH is 1. The molecule has 5 rings (SSSR count). The molecule has 12 heteroatoms. The summed E-state index contributed by atoms with van der Waals surface area (Å²) in [6.45, 7) is 2.00. The first kappa shape index (κ1) is 29.6. The van der Waals surface area contributed by atoms with Gasteiger partial charge in [-0.3, -0.25) is 0 Å². The number of hydrogen-bond acceptors (Lipinski definition) is 9. The zero-order valence-corrected chi connectivity index (χ0v) is 24.1. The molecule has 0 radical (unpaired) electrons. The van der Waals surface area contributed by atoms with Crippen LogP contribution < -0.4 is 14.8 Å². The van der Waals surface area contributed by atoms with E-state index in [1.807, 2.05) is 6.07 Å². The molecule has 0 bridgehead atoms. The topological polar surface area (TPSA) is 133 Å². The summed E-state index contributed by atoms with van der Waals surface area (Å²) in [6, 6.07) is 13.4. The minimum atomic E-state index is -4.29. The Kier molecular flexibility index (Phi) is 9.35. The molecule has 0 aromatic heterocycles. The summed E-state index contributed by atoms with van der Waals surface area (Å²) in [5, 5.41) is 13.4. The third-order valence-corrected chi connectivity index (χ3v) is 9.62. The molecule has 2 heterocycles. The van der Waals surface area contributed by atoms with E-state index < -0.39 is 40.8 Å². The van der Waals surface area contributed by atoms with E-state index in [0.717, 1.165) is 30.0 Å². The lowest BCUT2D eigenvalue weighted by Crippen LogP contribution is -2.56. The molecule has 224 valence electrons. The van der Waals surface area contributed by atoms with E-state index in [0.29, 0.717) is 30.1 Å². The average molecular weight is 591 g/mol. The van der Waals surface area contributed by atoms with E-state index in [-0.39, 0.29) is 30.1 Å². The van der Waals surface area contributed by atoms with Crippen molar-refractivity contribution in [1.82, 2.24) is 9.62 Å². The first-order chi connectivity index (χ1) is 19.8. The maximum atomic E-state index is 14.2. The lowest BCUT2D eigenvalue weighted by molar-refractivity contribution is -0.0907. The first-order valence-electron chi connectivity index (χ1n) is 14.0. The number of rotatable bonds is 11. The van der Waals surface area contributed by atoms with Gasteiger partial charge in [0.15, 0.2) is 17.8 Å². The summed E-state index contributed by atoms with van der Waals surface area (Å²) in [5.74, 6) is 0.662. The van der Waals surface area contributed by atoms with Crippen molar-refractivity contribution in [2.24, 2.45) is 5.92 Å². The summed E-state index contributed by atoms with van der Waals surface area (Å²) in [6.07, 6.45) is 0.122. The van der Waals surface area contributed by atoms with Crippen LogP contribution in [-0.4, -0.2) is 75.0 Å². The second kappa shape index (κ2) is 13.0. The van der Waals surface area contributed by atoms with Crippen LogP contribution >= 0.6 is 0 Å². The van der Waals surface area contributed by atoms with Gasteiger partial charge in [-0.05, 0) is 56.7 Å². The molecule has 2 N–H and O–H groups in total. The molecule has 1 amide bonds. The molecule has 5 atom stereocenters. The van der Waals surface area contributed by atoms with Gasteiger partial charge < -0.3 is 34.1 Å². The molecule has 3 aliphatic rings. The maximum Gasteiger partial charge on any atom is 0.408 e. The van der Waals surface area contributed by atoms with E-state index >= 15 is 0 Å². The van der Waals surface area contributed by atoms with Gasteiger partial charge >= 0.3 is 6.09 Å². The van der Waals surface area contributed by atoms with Crippen LogP contribution in [0.1, 0.15) is 44.6 Å². The Morgan fingerprint density at radius 3 is 2.56 bits per heavy atom. The van der Waals surface area contributed by atoms with Crippen molar-refractivity contribution in [1.29, 1.82) is 0 Å². The van der Waals surface area contributed by atoms with Crippen LogP contribution in [-0.2, 0) is 30.8 Å². The van der Waals surface area contributed by atoms with E-state index in [1.165, 1.54) is 26.2 Å². The number of carbonyl (C=O) groups is 1. The minimum Gasteiger partial charge on any atom is -0.493 e. The number of nitrogens with zero attached hydrogens (tertiary/aromatic N) is 1. The number of ether oxygens (including phenoxy) is 5. The SMILES string of the molecule is COc1ccc(S(=O)(=O)N(Cc2ccccc2)C(NC(=O)O[C@@H]2CO[C@H]3OCC[C@H]32)[C@@H](C)O)cc1OC1CCCC1. The van der Waals surface area contributed by atoms with Gasteiger partial charge in [0.1, 0.15) is 12.3 Å². The van der Waals surface area contributed by atoms with Gasteiger partial charge in [0, 0.05) is 12.6 Å². The van der Waals surface area contributed by atoms with Crippen molar-refractivity contribution in [3.63, 3.8) is 0 Å². The molecule has 1 unspecified atom stereocenters. The van der Waals surface area contributed by atoms with Crippen molar-refractivity contribution in [3.05, 3.63) is 54.1 Å². The van der Waals surface area contributed by atoms with Gasteiger partial charge in [-0.15, -0.1) is 0 Å². The number of aliphatic hydroxyl groups is 1. The molecule has 1 saturated carbocycles. The minimum absolute atomic E-state index is 0.0200. The molecule has 2 aromatic rings. The Morgan fingerprint density at radius 1 is 1.10 bits per heavy atom. The highest BCUT2D eigenvalue weighted by Gasteiger charge is 2.44. The van der Waals surface area contributed by atoms with E-state index in [2.05, 4.69) is 5.32 Å². The van der Waals surface area contributed by atoms with E-state index in [1.54, 1.807) is 30.3 Å². The maximum absolute atomic E-state index is 14.2. The number of fused-ring (bicyclic) bond motifs is 1. The van der Waals surface area contributed by atoms with Gasteiger partial charge in [0.2, 0.25) is 10.0 Å². The van der Waals surface area contributed by atoms with Crippen LogP contribution in [0.5, 0.6) is 11.5 Å². The summed E-state index contributed by atoms with van der Waals surface area (Å²) < 4.78 is 57.8. The van der Waals surface area contributed by atoms with Crippen molar-refractivity contribution in [2.45, 2.75) is 81.2 Å². The van der Waals surface area contributed by atoms with Gasteiger partial charge in [0.25, 0.3) is 0 Å². The highest BCUT2D eigenvalue weighted by molar-refractivity contribution is 7.89. The zero-order valence-electron chi connectivity index (χ0n) is 23.3. The fourth-order valence-corrected chi connectivity index (χ4v) is 7.21. The van der Waals surface area contributed by atoms with Crippen molar-refractivity contribution in [3.8, 4) is 11.5 Å². The number of methoxy groups -OCH3 is 1. The molecule has 11 nitrogen and oxygen atoms in total. The molecular formula is C29H38N2O9S. The summed E-state index contributed by atoms with van der Waals surface area (Å²) >= 11 is 0. The number of sulfonamides is 1. The van der Waals surface area contributed by atoms with Crippen molar-refractivity contribution >= 4 is 16.1 Å². The predicted molar refractivity (Wildman–Crippen MR) is 148 cm³/mol. The highest BCUT2D eigenvalue weighted by atomic mass is 32.2.